The summed E-state index contributed by atoms with van der Waals surface area (Å²) in [6.45, 7) is 2.10. The molecular formula is C10H14BNO2. The zero-order chi connectivity index (χ0) is 10.6. The van der Waals surface area contributed by atoms with Crippen LogP contribution in [-0.2, 0) is 0 Å². The molecule has 0 radical (unpaired) electrons. The highest BCUT2D eigenvalue weighted by molar-refractivity contribution is 6.13. The Labute approximate surface area is 84.5 Å². The molecule has 0 aliphatic rings. The minimum absolute atomic E-state index is 0.319. The second kappa shape index (κ2) is 4.70. The van der Waals surface area contributed by atoms with Gasteiger partial charge in [0.15, 0.2) is 0 Å². The first-order chi connectivity index (χ1) is 6.63. The molecule has 0 fully saturated rings. The van der Waals surface area contributed by atoms with Crippen LogP contribution in [-0.4, -0.2) is 24.9 Å². The van der Waals surface area contributed by atoms with Crippen molar-refractivity contribution in [2.24, 2.45) is 0 Å². The van der Waals surface area contributed by atoms with Gasteiger partial charge in [-0.2, -0.15) is 0 Å². The Morgan fingerprint density at radius 1 is 1.50 bits per heavy atom. The quantitative estimate of drug-likeness (QED) is 0.702. The van der Waals surface area contributed by atoms with Crippen molar-refractivity contribution in [1.82, 2.24) is 0 Å². The van der Waals surface area contributed by atoms with E-state index in [1.54, 1.807) is 24.3 Å². The molecule has 0 saturated heterocycles. The summed E-state index contributed by atoms with van der Waals surface area (Å²) >= 11 is 0. The fourth-order valence-electron chi connectivity index (χ4n) is 1.10. The molecule has 0 aliphatic heterocycles. The molecule has 0 amide bonds. The van der Waals surface area contributed by atoms with Gasteiger partial charge in [0.25, 0.3) is 0 Å². The van der Waals surface area contributed by atoms with Crippen molar-refractivity contribution in [3.63, 3.8) is 0 Å². The van der Waals surface area contributed by atoms with Gasteiger partial charge in [0.1, 0.15) is 7.85 Å². The van der Waals surface area contributed by atoms with Crippen LogP contribution in [0.5, 0.6) is 0 Å². The number of hydrogen-bond donors (Lipinski definition) is 2. The molecule has 0 aliphatic carbocycles. The Bertz CT molecular complexity index is 310. The largest absolute Gasteiger partial charge is 0.478 e. The zero-order valence-electron chi connectivity index (χ0n) is 8.45. The zero-order valence-corrected chi connectivity index (χ0v) is 8.45. The maximum absolute atomic E-state index is 10.6. The summed E-state index contributed by atoms with van der Waals surface area (Å²) in [5.74, 6) is -0.481. The van der Waals surface area contributed by atoms with Crippen molar-refractivity contribution >= 4 is 19.5 Å². The number of hydrogen-bond acceptors (Lipinski definition) is 2. The van der Waals surface area contributed by atoms with Crippen molar-refractivity contribution < 1.29 is 9.90 Å². The molecule has 0 heterocycles. The minimum Gasteiger partial charge on any atom is -0.478 e. The second-order valence-electron chi connectivity index (χ2n) is 3.34. The fourth-order valence-corrected chi connectivity index (χ4v) is 1.10. The van der Waals surface area contributed by atoms with Crippen LogP contribution in [0.4, 0.5) is 5.69 Å². The number of aromatic carboxylic acids is 1. The lowest BCUT2D eigenvalue weighted by Crippen LogP contribution is -2.17. The van der Waals surface area contributed by atoms with Gasteiger partial charge >= 0.3 is 5.97 Å². The monoisotopic (exact) mass is 191 g/mol. The summed E-state index contributed by atoms with van der Waals surface area (Å²) < 4.78 is 0. The van der Waals surface area contributed by atoms with Gasteiger partial charge in [-0.05, 0) is 36.6 Å². The Morgan fingerprint density at radius 2 is 2.07 bits per heavy atom. The van der Waals surface area contributed by atoms with E-state index in [1.165, 1.54) is 0 Å². The lowest BCUT2D eigenvalue weighted by molar-refractivity contribution is 0.0697. The predicted molar refractivity (Wildman–Crippen MR) is 59.6 cm³/mol. The third-order valence-electron chi connectivity index (χ3n) is 2.16. The first kappa shape index (κ1) is 10.6. The molecule has 3 nitrogen and oxygen atoms in total. The molecule has 1 aromatic rings. The molecule has 2 N–H and O–H groups in total. The van der Waals surface area contributed by atoms with Crippen LogP contribution >= 0.6 is 0 Å². The lowest BCUT2D eigenvalue weighted by Gasteiger charge is -2.12. The summed E-state index contributed by atoms with van der Waals surface area (Å²) in [7, 11) is 2.09. The minimum atomic E-state index is -0.889. The first-order valence-corrected chi connectivity index (χ1v) is 4.73. The number of nitrogens with one attached hydrogen (secondary N) is 1. The van der Waals surface area contributed by atoms with Crippen molar-refractivity contribution in [3.05, 3.63) is 29.8 Å². The summed E-state index contributed by atoms with van der Waals surface area (Å²) in [6, 6.07) is 6.78. The Kier molecular flexibility index (Phi) is 3.57. The van der Waals surface area contributed by atoms with E-state index >= 15 is 0 Å². The van der Waals surface area contributed by atoms with E-state index in [0.29, 0.717) is 11.5 Å². The van der Waals surface area contributed by atoms with E-state index in [1.807, 2.05) is 0 Å². The molecule has 0 aromatic heterocycles. The maximum atomic E-state index is 10.6. The molecule has 1 atom stereocenters. The van der Waals surface area contributed by atoms with E-state index < -0.39 is 5.97 Å². The van der Waals surface area contributed by atoms with Crippen molar-refractivity contribution in [3.8, 4) is 0 Å². The van der Waals surface area contributed by atoms with E-state index in [-0.39, 0.29) is 0 Å². The number of carboxylic acids is 1. The third kappa shape index (κ3) is 2.80. The standard InChI is InChI=1S/C10H14BNO2/c1-2-9(11)12-8-5-3-7(4-6-8)10(13)14/h3-6,9,12H,2,11H2,1H3,(H,13,14). The fraction of sp³-hybridized carbons (Fsp3) is 0.300. The molecule has 0 saturated carbocycles. The van der Waals surface area contributed by atoms with Gasteiger partial charge in [0, 0.05) is 5.69 Å². The Hall–Kier alpha value is -1.45. The highest BCUT2D eigenvalue weighted by Gasteiger charge is 2.02. The molecule has 0 spiro atoms. The second-order valence-corrected chi connectivity index (χ2v) is 3.34. The van der Waals surface area contributed by atoms with Crippen LogP contribution in [0, 0.1) is 0 Å². The molecule has 74 valence electrons. The first-order valence-electron chi connectivity index (χ1n) is 4.73. The third-order valence-corrected chi connectivity index (χ3v) is 2.16. The van der Waals surface area contributed by atoms with E-state index in [0.717, 1.165) is 12.1 Å². The van der Waals surface area contributed by atoms with Crippen LogP contribution in [0.2, 0.25) is 0 Å². The van der Waals surface area contributed by atoms with Crippen LogP contribution in [0.25, 0.3) is 0 Å². The van der Waals surface area contributed by atoms with Crippen LogP contribution in [0.3, 0.4) is 0 Å². The molecule has 1 rings (SSSR count). The van der Waals surface area contributed by atoms with Crippen molar-refractivity contribution in [1.29, 1.82) is 0 Å². The summed E-state index contributed by atoms with van der Waals surface area (Å²) in [6.07, 6.45) is 1.04. The van der Waals surface area contributed by atoms with E-state index in [2.05, 4.69) is 20.1 Å². The van der Waals surface area contributed by atoms with Crippen LogP contribution in [0.15, 0.2) is 24.3 Å². The number of anilines is 1. The topological polar surface area (TPSA) is 49.3 Å². The molecule has 4 heteroatoms. The summed E-state index contributed by atoms with van der Waals surface area (Å²) in [5.41, 5.74) is 1.28. The SMILES string of the molecule is BC(CC)Nc1ccc(C(=O)O)cc1. The molecule has 1 unspecified atom stereocenters. The molecule has 14 heavy (non-hydrogen) atoms. The Morgan fingerprint density at radius 3 is 2.50 bits per heavy atom. The number of rotatable bonds is 4. The van der Waals surface area contributed by atoms with Gasteiger partial charge in [-0.15, -0.1) is 0 Å². The highest BCUT2D eigenvalue weighted by atomic mass is 16.4. The average molecular weight is 191 g/mol. The van der Waals surface area contributed by atoms with E-state index in [9.17, 15) is 4.79 Å². The average Bonchev–Trinajstić information content (AvgIpc) is 2.18. The van der Waals surface area contributed by atoms with Crippen LogP contribution < -0.4 is 5.32 Å². The van der Waals surface area contributed by atoms with E-state index in [4.69, 9.17) is 5.11 Å². The van der Waals surface area contributed by atoms with Gasteiger partial charge in [0.05, 0.1) is 5.56 Å². The lowest BCUT2D eigenvalue weighted by atomic mass is 9.94. The number of carbonyl (C=O) groups is 1. The van der Waals surface area contributed by atoms with Gasteiger partial charge in [0.2, 0.25) is 0 Å². The molecule has 1 aromatic carbocycles. The summed E-state index contributed by atoms with van der Waals surface area (Å²) in [5, 5.41) is 11.9. The molecular weight excluding hydrogens is 177 g/mol. The molecule has 0 bridgehead atoms. The van der Waals surface area contributed by atoms with Crippen LogP contribution in [0.1, 0.15) is 23.7 Å². The number of benzene rings is 1. The normalized spacial score (nSPS) is 12.1. The Balaban J connectivity index is 2.68. The van der Waals surface area contributed by atoms with Gasteiger partial charge < -0.3 is 10.4 Å². The van der Waals surface area contributed by atoms with Gasteiger partial charge in [-0.1, -0.05) is 6.92 Å². The summed E-state index contributed by atoms with van der Waals surface area (Å²) in [4.78, 5) is 10.6. The van der Waals surface area contributed by atoms with Gasteiger partial charge in [-0.3, -0.25) is 0 Å². The maximum Gasteiger partial charge on any atom is 0.335 e. The highest BCUT2D eigenvalue weighted by Crippen LogP contribution is 2.10. The van der Waals surface area contributed by atoms with Gasteiger partial charge in [-0.25, -0.2) is 4.79 Å². The number of carboxylic acid groups (broad SMARTS) is 1. The smallest absolute Gasteiger partial charge is 0.335 e. The van der Waals surface area contributed by atoms with Crippen molar-refractivity contribution in [2.75, 3.05) is 5.32 Å². The predicted octanol–water partition coefficient (Wildman–Crippen LogP) is 1.17. The van der Waals surface area contributed by atoms with Crippen molar-refractivity contribution in [2.45, 2.75) is 19.3 Å².